The minimum absolute atomic E-state index is 0.0615. The van der Waals surface area contributed by atoms with Gasteiger partial charge in [0.25, 0.3) is 0 Å². The number of hydrogen-bond donors (Lipinski definition) is 4. The first-order chi connectivity index (χ1) is 21.1. The van der Waals surface area contributed by atoms with Crippen LogP contribution in [-0.2, 0) is 24.6 Å². The fourth-order valence-electron chi connectivity index (χ4n) is 5.10. The van der Waals surface area contributed by atoms with E-state index in [1.807, 2.05) is 46.8 Å². The Morgan fingerprint density at radius 1 is 1.00 bits per heavy atom. The van der Waals surface area contributed by atoms with Crippen LogP contribution in [0.3, 0.4) is 0 Å². The third-order valence-corrected chi connectivity index (χ3v) is 7.38. The van der Waals surface area contributed by atoms with Gasteiger partial charge in [-0.2, -0.15) is 8.78 Å². The molecule has 0 spiro atoms. The number of hydrogen-bond acceptors (Lipinski definition) is 5. The second-order valence-electron chi connectivity index (χ2n) is 12.6. The molecule has 0 unspecified atom stereocenters. The molecule has 1 saturated heterocycles. The van der Waals surface area contributed by atoms with Crippen LogP contribution in [0.4, 0.5) is 23.2 Å². The fraction of sp³-hybridized carbons (Fsp3) is 0.500. The van der Waals surface area contributed by atoms with Crippen molar-refractivity contribution >= 4 is 29.3 Å². The van der Waals surface area contributed by atoms with Crippen LogP contribution in [-0.4, -0.2) is 48.9 Å². The summed E-state index contributed by atoms with van der Waals surface area (Å²) in [5, 5.41) is 10.5. The molecule has 0 saturated carbocycles. The highest BCUT2D eigenvalue weighted by molar-refractivity contribution is 6.40. The normalized spacial score (nSPS) is 16.1. The molecule has 0 bridgehead atoms. The van der Waals surface area contributed by atoms with Crippen molar-refractivity contribution in [2.24, 2.45) is 11.8 Å². The molecule has 13 heteroatoms. The maximum Gasteiger partial charge on any atom is 0.313 e. The highest BCUT2D eigenvalue weighted by atomic mass is 19.2. The number of ether oxygens (including phenoxy) is 1. The summed E-state index contributed by atoms with van der Waals surface area (Å²) in [6, 6.07) is 5.17. The largest absolute Gasteiger partial charge is 0.487 e. The van der Waals surface area contributed by atoms with E-state index in [0.29, 0.717) is 18.7 Å². The van der Waals surface area contributed by atoms with Gasteiger partial charge in [-0.15, -0.1) is 0 Å². The standard InChI is InChI=1S/C32H40F4N4O5/c1-17(2)14-24(40-31(44)30(43)39-23-9-7-6-8-20(23)32(3,4)5)29(42)38-19(15-18-10-12-37-28(18)41)11-13-45-27-25(35)21(33)16-22(34)26(27)36/h6-9,16-19,24H,10-15H2,1-5H3,(H,37,41)(H,38,42)(H,39,43)(H,40,44)/t18-,19+,24-/m0/s1. The SMILES string of the molecule is CC(C)C[C@H](NC(=O)C(=O)Nc1ccccc1C(C)(C)C)C(=O)N[C@H](CCOc1c(F)c(F)cc(F)c1F)C[C@@H]1CCNC1=O. The monoisotopic (exact) mass is 636 g/mol. The number of nitrogens with one attached hydrogen (secondary N) is 4. The van der Waals surface area contributed by atoms with Crippen LogP contribution < -0.4 is 26.0 Å². The molecule has 0 aromatic heterocycles. The van der Waals surface area contributed by atoms with Crippen LogP contribution in [0.5, 0.6) is 5.75 Å². The van der Waals surface area contributed by atoms with Crippen LogP contribution in [0.25, 0.3) is 0 Å². The van der Waals surface area contributed by atoms with Crippen molar-refractivity contribution < 1.29 is 41.5 Å². The molecule has 3 atom stereocenters. The van der Waals surface area contributed by atoms with Crippen LogP contribution >= 0.6 is 0 Å². The molecule has 1 aliphatic heterocycles. The van der Waals surface area contributed by atoms with Gasteiger partial charge in [0.2, 0.25) is 23.4 Å². The Hall–Kier alpha value is -4.16. The van der Waals surface area contributed by atoms with Crippen molar-refractivity contribution in [3.63, 3.8) is 0 Å². The highest BCUT2D eigenvalue weighted by Gasteiger charge is 2.32. The predicted molar refractivity (Wildman–Crippen MR) is 159 cm³/mol. The van der Waals surface area contributed by atoms with Gasteiger partial charge in [0.1, 0.15) is 6.04 Å². The van der Waals surface area contributed by atoms with Gasteiger partial charge in [-0.05, 0) is 42.2 Å². The van der Waals surface area contributed by atoms with E-state index < -0.39 is 71.3 Å². The summed E-state index contributed by atoms with van der Waals surface area (Å²) in [4.78, 5) is 51.5. The van der Waals surface area contributed by atoms with Gasteiger partial charge < -0.3 is 26.0 Å². The zero-order valence-corrected chi connectivity index (χ0v) is 26.0. The molecule has 246 valence electrons. The summed E-state index contributed by atoms with van der Waals surface area (Å²) >= 11 is 0. The van der Waals surface area contributed by atoms with Gasteiger partial charge in [0.05, 0.1) is 6.61 Å². The van der Waals surface area contributed by atoms with E-state index in [0.717, 1.165) is 5.56 Å². The van der Waals surface area contributed by atoms with Crippen molar-refractivity contribution in [2.75, 3.05) is 18.5 Å². The van der Waals surface area contributed by atoms with Crippen LogP contribution in [0.1, 0.15) is 65.9 Å². The third kappa shape index (κ3) is 9.66. The molecule has 9 nitrogen and oxygen atoms in total. The van der Waals surface area contributed by atoms with Crippen molar-refractivity contribution in [2.45, 2.75) is 77.8 Å². The van der Waals surface area contributed by atoms with E-state index in [-0.39, 0.29) is 42.6 Å². The molecule has 45 heavy (non-hydrogen) atoms. The summed E-state index contributed by atoms with van der Waals surface area (Å²) in [5.74, 6) is -11.4. The Balaban J connectivity index is 1.73. The first kappa shape index (κ1) is 35.3. The van der Waals surface area contributed by atoms with Gasteiger partial charge in [0, 0.05) is 36.7 Å². The van der Waals surface area contributed by atoms with Gasteiger partial charge in [-0.3, -0.25) is 19.2 Å². The number of benzene rings is 2. The number of anilines is 1. The first-order valence-electron chi connectivity index (χ1n) is 14.8. The van der Waals surface area contributed by atoms with Gasteiger partial charge in [-0.1, -0.05) is 52.8 Å². The molecular formula is C32H40F4N4O5. The Morgan fingerprint density at radius 3 is 2.22 bits per heavy atom. The molecule has 1 heterocycles. The van der Waals surface area contributed by atoms with E-state index in [1.54, 1.807) is 12.1 Å². The first-order valence-corrected chi connectivity index (χ1v) is 14.8. The second kappa shape index (κ2) is 15.2. The number of carbonyl (C=O) groups is 4. The van der Waals surface area contributed by atoms with Crippen molar-refractivity contribution in [3.05, 3.63) is 59.2 Å². The van der Waals surface area contributed by atoms with E-state index >= 15 is 0 Å². The average molecular weight is 637 g/mol. The number of halogens is 4. The molecule has 1 fully saturated rings. The summed E-state index contributed by atoms with van der Waals surface area (Å²) in [6.45, 7) is 9.48. The molecule has 3 rings (SSSR count). The molecular weight excluding hydrogens is 596 g/mol. The minimum Gasteiger partial charge on any atom is -0.487 e. The van der Waals surface area contributed by atoms with Crippen LogP contribution in [0.2, 0.25) is 0 Å². The zero-order valence-electron chi connectivity index (χ0n) is 26.0. The van der Waals surface area contributed by atoms with Gasteiger partial charge >= 0.3 is 11.8 Å². The van der Waals surface area contributed by atoms with Gasteiger partial charge in [0.15, 0.2) is 17.4 Å². The lowest BCUT2D eigenvalue weighted by Gasteiger charge is -2.26. The number of amides is 4. The Bertz CT molecular complexity index is 1390. The number of carbonyl (C=O) groups excluding carboxylic acids is 4. The van der Waals surface area contributed by atoms with E-state index in [2.05, 4.69) is 21.3 Å². The average Bonchev–Trinajstić information content (AvgIpc) is 3.36. The lowest BCUT2D eigenvalue weighted by Crippen LogP contribution is -2.53. The number of rotatable bonds is 12. The lowest BCUT2D eigenvalue weighted by atomic mass is 9.86. The topological polar surface area (TPSA) is 126 Å². The molecule has 2 aromatic rings. The molecule has 1 aliphatic rings. The van der Waals surface area contributed by atoms with E-state index in [1.165, 1.54) is 0 Å². The van der Waals surface area contributed by atoms with Crippen molar-refractivity contribution in [3.8, 4) is 5.75 Å². The molecule has 4 amide bonds. The smallest absolute Gasteiger partial charge is 0.313 e. The predicted octanol–water partition coefficient (Wildman–Crippen LogP) is 4.49. The van der Waals surface area contributed by atoms with Crippen molar-refractivity contribution in [1.82, 2.24) is 16.0 Å². The summed E-state index contributed by atoms with van der Waals surface area (Å²) in [7, 11) is 0. The van der Waals surface area contributed by atoms with E-state index in [4.69, 9.17) is 4.74 Å². The second-order valence-corrected chi connectivity index (χ2v) is 12.6. The fourth-order valence-corrected chi connectivity index (χ4v) is 5.10. The zero-order chi connectivity index (χ0) is 33.5. The molecule has 0 aliphatic carbocycles. The summed E-state index contributed by atoms with van der Waals surface area (Å²) < 4.78 is 60.4. The van der Waals surface area contributed by atoms with E-state index in [9.17, 15) is 36.7 Å². The quantitative estimate of drug-likeness (QED) is 0.155. The maximum absolute atomic E-state index is 14.1. The highest BCUT2D eigenvalue weighted by Crippen LogP contribution is 2.29. The molecule has 2 aromatic carbocycles. The number of para-hydroxylation sites is 1. The Kier molecular flexibility index (Phi) is 11.9. The molecule has 4 N–H and O–H groups in total. The lowest BCUT2D eigenvalue weighted by molar-refractivity contribution is -0.138. The maximum atomic E-state index is 14.1. The van der Waals surface area contributed by atoms with Crippen molar-refractivity contribution in [1.29, 1.82) is 0 Å². The Morgan fingerprint density at radius 2 is 1.64 bits per heavy atom. The Labute approximate surface area is 259 Å². The van der Waals surface area contributed by atoms with Crippen LogP contribution in [0.15, 0.2) is 30.3 Å². The van der Waals surface area contributed by atoms with Crippen LogP contribution in [0, 0.1) is 35.1 Å². The minimum atomic E-state index is -1.70. The molecule has 0 radical (unpaired) electrons. The summed E-state index contributed by atoms with van der Waals surface area (Å²) in [5.41, 5.74) is 0.941. The van der Waals surface area contributed by atoms with Gasteiger partial charge in [-0.25, -0.2) is 8.78 Å². The third-order valence-electron chi connectivity index (χ3n) is 7.38. The summed E-state index contributed by atoms with van der Waals surface area (Å²) in [6.07, 6.45) is 0.664.